The quantitative estimate of drug-likeness (QED) is 0.239. The molecule has 0 bridgehead atoms. The van der Waals surface area contributed by atoms with E-state index < -0.39 is 36.1 Å². The van der Waals surface area contributed by atoms with Gasteiger partial charge in [-0.3, -0.25) is 19.2 Å². The number of hydrogen-bond acceptors (Lipinski definition) is 5. The molecule has 0 aromatic rings. The number of Topliss-reactive ketones (excluding diaryl/α,β-unsaturated/α-hetero) is 1. The molecule has 0 aliphatic carbocycles. The van der Waals surface area contributed by atoms with E-state index in [0.717, 1.165) is 6.42 Å². The highest BCUT2D eigenvalue weighted by Gasteiger charge is 2.38. The van der Waals surface area contributed by atoms with Gasteiger partial charge >= 0.3 is 12.1 Å². The lowest BCUT2D eigenvalue weighted by atomic mass is 9.96. The second-order valence-electron chi connectivity index (χ2n) is 9.76. The molecule has 4 atom stereocenters. The molecule has 0 saturated carbocycles. The minimum Gasteiger partial charge on any atom is -0.348 e. The number of ketones is 1. The van der Waals surface area contributed by atoms with Crippen molar-refractivity contribution in [3.8, 4) is 0 Å². The third-order valence-corrected chi connectivity index (χ3v) is 5.57. The predicted molar refractivity (Wildman–Crippen MR) is 128 cm³/mol. The van der Waals surface area contributed by atoms with Gasteiger partial charge in [0.1, 0.15) is 6.04 Å². The van der Waals surface area contributed by atoms with Gasteiger partial charge in [0.2, 0.25) is 11.8 Å². The van der Waals surface area contributed by atoms with E-state index in [0.29, 0.717) is 12.8 Å². The smallest absolute Gasteiger partial charge is 0.348 e. The summed E-state index contributed by atoms with van der Waals surface area (Å²) in [5.74, 6) is -3.15. The van der Waals surface area contributed by atoms with Gasteiger partial charge in [0, 0.05) is 18.5 Å². The molecule has 0 saturated heterocycles. The number of carbonyl (C=O) groups excluding carboxylic acids is 4. The summed E-state index contributed by atoms with van der Waals surface area (Å²) in [6.07, 6.45) is -2.76. The maximum atomic E-state index is 12.8. The number of alkyl halides is 3. The highest BCUT2D eigenvalue weighted by atomic mass is 19.4. The highest BCUT2D eigenvalue weighted by Crippen LogP contribution is 2.14. The maximum Gasteiger partial charge on any atom is 0.471 e. The summed E-state index contributed by atoms with van der Waals surface area (Å²) in [4.78, 5) is 49.0. The minimum atomic E-state index is -4.94. The number of halogens is 3. The summed E-state index contributed by atoms with van der Waals surface area (Å²) in [6, 6.07) is -2.06. The van der Waals surface area contributed by atoms with Crippen molar-refractivity contribution in [1.29, 1.82) is 0 Å². The van der Waals surface area contributed by atoms with Gasteiger partial charge < -0.3 is 21.3 Å². The van der Waals surface area contributed by atoms with Gasteiger partial charge in [0.15, 0.2) is 5.78 Å². The third kappa shape index (κ3) is 13.5. The SMILES string of the molecule is CCC(C)N[C@@H](CC(C)C)C(=O)NC(C)C(=O)N[C@@H](CCCCNC(=O)C(F)(F)F)C(=O)C(C)C. The zero-order valence-corrected chi connectivity index (χ0v) is 22.0. The molecule has 0 aliphatic rings. The van der Waals surface area contributed by atoms with Crippen LogP contribution < -0.4 is 21.3 Å². The van der Waals surface area contributed by atoms with Crippen LogP contribution in [0.4, 0.5) is 13.2 Å². The average Bonchev–Trinajstić information content (AvgIpc) is 2.75. The molecule has 0 aromatic heterocycles. The van der Waals surface area contributed by atoms with Crippen LogP contribution in [0.15, 0.2) is 0 Å². The highest BCUT2D eigenvalue weighted by molar-refractivity contribution is 5.94. The zero-order valence-electron chi connectivity index (χ0n) is 22.0. The second kappa shape index (κ2) is 15.7. The van der Waals surface area contributed by atoms with Crippen molar-refractivity contribution in [2.24, 2.45) is 11.8 Å². The molecule has 3 amide bonds. The maximum absolute atomic E-state index is 12.8. The van der Waals surface area contributed by atoms with Gasteiger partial charge in [-0.25, -0.2) is 0 Å². The molecule has 4 N–H and O–H groups in total. The standard InChI is InChI=1S/C24H43F3N4O4/c1-8-16(6)29-19(13-14(2)3)22(34)30-17(7)21(33)31-18(20(32)15(4)5)11-9-10-12-28-23(35)24(25,26)27/h14-19,29H,8-13H2,1-7H3,(H,28,35)(H,30,34)(H,31,33)/t16?,17?,18-,19-/m0/s1. The van der Waals surface area contributed by atoms with E-state index in [1.54, 1.807) is 19.2 Å². The van der Waals surface area contributed by atoms with Gasteiger partial charge in [-0.15, -0.1) is 0 Å². The number of hydrogen-bond donors (Lipinski definition) is 4. The number of carbonyl (C=O) groups is 4. The Morgan fingerprint density at radius 1 is 0.829 bits per heavy atom. The lowest BCUT2D eigenvalue weighted by Crippen LogP contribution is -2.55. The van der Waals surface area contributed by atoms with Gasteiger partial charge in [0.05, 0.1) is 12.1 Å². The summed E-state index contributed by atoms with van der Waals surface area (Å²) in [6.45, 7) is 12.7. The van der Waals surface area contributed by atoms with Crippen LogP contribution in [0, 0.1) is 11.8 Å². The van der Waals surface area contributed by atoms with E-state index in [2.05, 4.69) is 16.0 Å². The van der Waals surface area contributed by atoms with Gasteiger partial charge in [0.25, 0.3) is 0 Å². The van der Waals surface area contributed by atoms with Crippen molar-refractivity contribution in [2.75, 3.05) is 6.54 Å². The van der Waals surface area contributed by atoms with Crippen molar-refractivity contribution in [2.45, 2.75) is 111 Å². The summed E-state index contributed by atoms with van der Waals surface area (Å²) in [5, 5.41) is 10.4. The number of unbranched alkanes of at least 4 members (excludes halogenated alkanes) is 1. The van der Waals surface area contributed by atoms with Crippen molar-refractivity contribution >= 4 is 23.5 Å². The second-order valence-corrected chi connectivity index (χ2v) is 9.76. The van der Waals surface area contributed by atoms with Gasteiger partial charge in [-0.05, 0) is 51.9 Å². The molecule has 35 heavy (non-hydrogen) atoms. The molecule has 8 nitrogen and oxygen atoms in total. The Balaban J connectivity index is 4.97. The molecule has 0 fully saturated rings. The van der Waals surface area contributed by atoms with Gasteiger partial charge in [-0.1, -0.05) is 34.6 Å². The Hall–Kier alpha value is -2.17. The van der Waals surface area contributed by atoms with E-state index >= 15 is 0 Å². The van der Waals surface area contributed by atoms with Crippen molar-refractivity contribution < 1.29 is 32.3 Å². The first-order valence-corrected chi connectivity index (χ1v) is 12.4. The summed E-state index contributed by atoms with van der Waals surface area (Å²) < 4.78 is 36.7. The predicted octanol–water partition coefficient (Wildman–Crippen LogP) is 2.85. The van der Waals surface area contributed by atoms with Crippen molar-refractivity contribution in [3.05, 3.63) is 0 Å². The van der Waals surface area contributed by atoms with E-state index in [1.807, 2.05) is 27.7 Å². The van der Waals surface area contributed by atoms with Crippen LogP contribution in [0.2, 0.25) is 0 Å². The van der Waals surface area contributed by atoms with Crippen LogP contribution in [0.1, 0.15) is 80.6 Å². The van der Waals surface area contributed by atoms with E-state index in [1.165, 1.54) is 6.92 Å². The number of nitrogens with one attached hydrogen (secondary N) is 4. The first-order valence-electron chi connectivity index (χ1n) is 12.4. The fraction of sp³-hybridized carbons (Fsp3) is 0.833. The largest absolute Gasteiger partial charge is 0.471 e. The van der Waals surface area contributed by atoms with E-state index in [4.69, 9.17) is 0 Å². The molecular weight excluding hydrogens is 465 g/mol. The molecule has 0 aliphatic heterocycles. The fourth-order valence-electron chi connectivity index (χ4n) is 3.32. The molecule has 204 valence electrons. The summed E-state index contributed by atoms with van der Waals surface area (Å²) in [5.41, 5.74) is 0. The van der Waals surface area contributed by atoms with E-state index in [-0.39, 0.29) is 49.0 Å². The normalized spacial score (nSPS) is 15.3. The fourth-order valence-corrected chi connectivity index (χ4v) is 3.32. The molecule has 0 radical (unpaired) electrons. The van der Waals surface area contributed by atoms with Crippen LogP contribution in [-0.2, 0) is 19.2 Å². The first kappa shape index (κ1) is 32.8. The lowest BCUT2D eigenvalue weighted by Gasteiger charge is -2.26. The lowest BCUT2D eigenvalue weighted by molar-refractivity contribution is -0.173. The van der Waals surface area contributed by atoms with Gasteiger partial charge in [-0.2, -0.15) is 13.2 Å². The van der Waals surface area contributed by atoms with Crippen LogP contribution in [-0.4, -0.2) is 60.4 Å². The Morgan fingerprint density at radius 3 is 1.91 bits per heavy atom. The van der Waals surface area contributed by atoms with Crippen LogP contribution in [0.3, 0.4) is 0 Å². The Kier molecular flexibility index (Phi) is 14.8. The van der Waals surface area contributed by atoms with Crippen molar-refractivity contribution in [1.82, 2.24) is 21.3 Å². The van der Waals surface area contributed by atoms with Crippen LogP contribution in [0.5, 0.6) is 0 Å². The Bertz CT molecular complexity index is 699. The molecule has 0 rings (SSSR count). The number of rotatable bonds is 16. The van der Waals surface area contributed by atoms with Crippen molar-refractivity contribution in [3.63, 3.8) is 0 Å². The molecule has 11 heteroatoms. The van der Waals surface area contributed by atoms with E-state index in [9.17, 15) is 32.3 Å². The minimum absolute atomic E-state index is 0.127. The number of amides is 3. The molecule has 2 unspecified atom stereocenters. The molecule has 0 aromatic carbocycles. The topological polar surface area (TPSA) is 116 Å². The Morgan fingerprint density at radius 2 is 1.43 bits per heavy atom. The third-order valence-electron chi connectivity index (χ3n) is 5.57. The summed E-state index contributed by atoms with van der Waals surface area (Å²) in [7, 11) is 0. The zero-order chi connectivity index (χ0) is 27.3. The van der Waals surface area contributed by atoms with Crippen LogP contribution in [0.25, 0.3) is 0 Å². The summed E-state index contributed by atoms with van der Waals surface area (Å²) >= 11 is 0. The molecule has 0 heterocycles. The monoisotopic (exact) mass is 508 g/mol. The van der Waals surface area contributed by atoms with Crippen LogP contribution >= 0.6 is 0 Å². The first-order chi connectivity index (χ1) is 16.1. The molecular formula is C24H43F3N4O4. The average molecular weight is 509 g/mol. The molecule has 0 spiro atoms. The Labute approximate surface area is 206 Å².